The monoisotopic (exact) mass is 665 g/mol. The van der Waals surface area contributed by atoms with Crippen LogP contribution < -0.4 is 10.7 Å². The smallest absolute Gasteiger partial charge is 0.271 e. The number of thiazole rings is 1. The molecule has 196 valence electrons. The zero-order valence-corrected chi connectivity index (χ0v) is 25.2. The summed E-state index contributed by atoms with van der Waals surface area (Å²) in [6.07, 6.45) is 1.69. The van der Waals surface area contributed by atoms with Gasteiger partial charge in [-0.1, -0.05) is 23.7 Å². The molecule has 0 unspecified atom stereocenters. The number of anilines is 2. The summed E-state index contributed by atoms with van der Waals surface area (Å²) >= 11 is 9.81. The first kappa shape index (κ1) is 27.1. The summed E-state index contributed by atoms with van der Waals surface area (Å²) in [5.41, 5.74) is 11.3. The predicted molar refractivity (Wildman–Crippen MR) is 170 cm³/mol. The van der Waals surface area contributed by atoms with Crippen LogP contribution in [0.4, 0.5) is 10.8 Å². The number of aromatic nitrogens is 2. The van der Waals surface area contributed by atoms with E-state index in [0.29, 0.717) is 10.6 Å². The van der Waals surface area contributed by atoms with Gasteiger partial charge in [-0.25, -0.2) is 10.4 Å². The van der Waals surface area contributed by atoms with Gasteiger partial charge in [0.2, 0.25) is 0 Å². The Kier molecular flexibility index (Phi) is 8.15. The van der Waals surface area contributed by atoms with Crippen LogP contribution in [0.1, 0.15) is 32.9 Å². The first-order valence-electron chi connectivity index (χ1n) is 12.2. The van der Waals surface area contributed by atoms with Crippen LogP contribution in [-0.2, 0) is 0 Å². The molecular formula is C30H25ClIN5OS. The highest BCUT2D eigenvalue weighted by molar-refractivity contribution is 14.1. The van der Waals surface area contributed by atoms with Crippen LogP contribution in [0.15, 0.2) is 83.3 Å². The topological polar surface area (TPSA) is 71.3 Å². The predicted octanol–water partition coefficient (Wildman–Crippen LogP) is 8.29. The van der Waals surface area contributed by atoms with Crippen molar-refractivity contribution in [3.8, 4) is 16.9 Å². The van der Waals surface area contributed by atoms with Gasteiger partial charge in [0.05, 0.1) is 11.9 Å². The lowest BCUT2D eigenvalue weighted by Gasteiger charge is -2.11. The van der Waals surface area contributed by atoms with Gasteiger partial charge in [0.15, 0.2) is 5.13 Å². The third-order valence-corrected chi connectivity index (χ3v) is 8.50. The average molecular weight is 666 g/mol. The van der Waals surface area contributed by atoms with Crippen LogP contribution in [0.3, 0.4) is 0 Å². The Bertz CT molecular complexity index is 1670. The highest BCUT2D eigenvalue weighted by atomic mass is 127. The van der Waals surface area contributed by atoms with Crippen LogP contribution in [0, 0.1) is 24.3 Å². The molecule has 2 N–H and O–H groups in total. The Morgan fingerprint density at radius 2 is 1.77 bits per heavy atom. The molecule has 9 heteroatoms. The molecule has 0 saturated heterocycles. The molecule has 0 aliphatic heterocycles. The number of hydrogen-bond acceptors (Lipinski definition) is 5. The lowest BCUT2D eigenvalue weighted by atomic mass is 10.1. The number of amides is 1. The van der Waals surface area contributed by atoms with E-state index in [9.17, 15) is 4.79 Å². The lowest BCUT2D eigenvalue weighted by Crippen LogP contribution is -2.17. The van der Waals surface area contributed by atoms with Crippen LogP contribution in [-0.4, -0.2) is 21.7 Å². The van der Waals surface area contributed by atoms with Crippen LogP contribution in [0.2, 0.25) is 5.02 Å². The van der Waals surface area contributed by atoms with Crippen LogP contribution in [0.25, 0.3) is 16.9 Å². The molecule has 0 aliphatic carbocycles. The Morgan fingerprint density at radius 3 is 2.49 bits per heavy atom. The molecule has 6 nitrogen and oxygen atoms in total. The Labute approximate surface area is 249 Å². The number of aryl methyl sites for hydroxylation is 2. The molecule has 0 saturated carbocycles. The second kappa shape index (κ2) is 11.7. The summed E-state index contributed by atoms with van der Waals surface area (Å²) in [4.78, 5) is 17.4. The van der Waals surface area contributed by atoms with E-state index in [1.807, 2.05) is 41.8 Å². The van der Waals surface area contributed by atoms with Crippen molar-refractivity contribution >= 4 is 68.5 Å². The maximum atomic E-state index is 12.7. The van der Waals surface area contributed by atoms with Gasteiger partial charge in [-0.2, -0.15) is 5.10 Å². The molecule has 0 atom stereocenters. The van der Waals surface area contributed by atoms with E-state index in [1.54, 1.807) is 18.3 Å². The number of hydrogen-bond donors (Lipinski definition) is 2. The molecule has 1 amide bonds. The van der Waals surface area contributed by atoms with E-state index in [0.717, 1.165) is 44.7 Å². The van der Waals surface area contributed by atoms with E-state index >= 15 is 0 Å². The van der Waals surface area contributed by atoms with Crippen LogP contribution >= 0.6 is 45.5 Å². The summed E-state index contributed by atoms with van der Waals surface area (Å²) in [7, 11) is 0. The first-order valence-corrected chi connectivity index (χ1v) is 14.5. The van der Waals surface area contributed by atoms with Crippen molar-refractivity contribution in [2.75, 3.05) is 5.32 Å². The average Bonchev–Trinajstić information content (AvgIpc) is 3.50. The number of carbonyl (C=O) groups excluding carboxylic acids is 1. The van der Waals surface area contributed by atoms with Crippen molar-refractivity contribution in [1.29, 1.82) is 0 Å². The Morgan fingerprint density at radius 1 is 1.03 bits per heavy atom. The molecule has 0 fully saturated rings. The maximum absolute atomic E-state index is 12.7. The molecule has 5 aromatic rings. The number of rotatable bonds is 7. The van der Waals surface area contributed by atoms with E-state index in [-0.39, 0.29) is 5.91 Å². The zero-order chi connectivity index (χ0) is 27.5. The number of benzene rings is 3. The standard InChI is InChI=1S/C30H25ClIN5OS/c1-18-14-26(12-13-27(18)32)37-19(2)15-23(20(37)3)16-33-36-29(38)22-6-4-21(5-7-22)28-17-39-30(35-28)34-25-10-8-24(31)9-11-25/h4-17H,1-3H3,(H,34,35)(H,36,38)/b33-16-. The molecule has 2 heterocycles. The van der Waals surface area contributed by atoms with E-state index < -0.39 is 0 Å². The number of nitrogens with zero attached hydrogens (tertiary/aromatic N) is 3. The molecule has 0 spiro atoms. The fourth-order valence-corrected chi connectivity index (χ4v) is 5.42. The second-order valence-corrected chi connectivity index (χ2v) is 11.5. The molecule has 0 aliphatic rings. The Hall–Kier alpha value is -3.47. The number of nitrogens with one attached hydrogen (secondary N) is 2. The van der Waals surface area contributed by atoms with Crippen molar-refractivity contribution < 1.29 is 4.79 Å². The number of halogens is 2. The summed E-state index contributed by atoms with van der Waals surface area (Å²) in [5.74, 6) is -0.275. The Balaban J connectivity index is 1.23. The third kappa shape index (κ3) is 6.24. The molecule has 2 aromatic heterocycles. The van der Waals surface area contributed by atoms with Gasteiger partial charge >= 0.3 is 0 Å². The van der Waals surface area contributed by atoms with Crippen molar-refractivity contribution in [2.45, 2.75) is 20.8 Å². The highest BCUT2D eigenvalue weighted by Crippen LogP contribution is 2.28. The van der Waals surface area contributed by atoms with Gasteiger partial charge in [0.1, 0.15) is 0 Å². The third-order valence-electron chi connectivity index (χ3n) is 6.28. The fraction of sp³-hybridized carbons (Fsp3) is 0.100. The number of carbonyl (C=O) groups is 1. The van der Waals surface area contributed by atoms with E-state index in [4.69, 9.17) is 11.6 Å². The summed E-state index contributed by atoms with van der Waals surface area (Å²) in [6, 6.07) is 23.3. The maximum Gasteiger partial charge on any atom is 0.271 e. The summed E-state index contributed by atoms with van der Waals surface area (Å²) in [5, 5.41) is 10.9. The molecule has 0 radical (unpaired) electrons. The van der Waals surface area contributed by atoms with Crippen molar-refractivity contribution in [3.63, 3.8) is 0 Å². The van der Waals surface area contributed by atoms with Gasteiger partial charge in [-0.3, -0.25) is 4.79 Å². The molecule has 39 heavy (non-hydrogen) atoms. The first-order chi connectivity index (χ1) is 18.8. The second-order valence-electron chi connectivity index (χ2n) is 9.04. The van der Waals surface area contributed by atoms with E-state index in [1.165, 1.54) is 20.5 Å². The fourth-order valence-electron chi connectivity index (χ4n) is 4.22. The largest absolute Gasteiger partial charge is 0.332 e. The molecule has 0 bridgehead atoms. The minimum atomic E-state index is -0.275. The van der Waals surface area contributed by atoms with Gasteiger partial charge < -0.3 is 9.88 Å². The number of hydrazone groups is 1. The highest BCUT2D eigenvalue weighted by Gasteiger charge is 2.11. The summed E-state index contributed by atoms with van der Waals surface area (Å²) < 4.78 is 3.43. The van der Waals surface area contributed by atoms with Crippen molar-refractivity contribution in [2.24, 2.45) is 5.10 Å². The molecule has 5 rings (SSSR count). The summed E-state index contributed by atoms with van der Waals surface area (Å²) in [6.45, 7) is 6.23. The zero-order valence-electron chi connectivity index (χ0n) is 21.5. The van der Waals surface area contributed by atoms with Gasteiger partial charge in [-0.15, -0.1) is 11.3 Å². The van der Waals surface area contributed by atoms with Crippen molar-refractivity contribution in [1.82, 2.24) is 15.0 Å². The minimum absolute atomic E-state index is 0.275. The van der Waals surface area contributed by atoms with Gasteiger partial charge in [0.25, 0.3) is 5.91 Å². The quantitative estimate of drug-likeness (QED) is 0.104. The molecule has 3 aromatic carbocycles. The van der Waals surface area contributed by atoms with Crippen LogP contribution in [0.5, 0.6) is 0 Å². The van der Waals surface area contributed by atoms with Gasteiger partial charge in [-0.05, 0) is 110 Å². The normalized spacial score (nSPS) is 11.2. The SMILES string of the molecule is Cc1cc(-n2c(C)cc(/C=N\NC(=O)c3ccc(-c4csc(Nc5ccc(Cl)cc5)n4)cc3)c2C)ccc1I. The van der Waals surface area contributed by atoms with E-state index in [2.05, 4.69) is 93.0 Å². The lowest BCUT2D eigenvalue weighted by molar-refractivity contribution is 0.0955. The molecular weight excluding hydrogens is 641 g/mol. The minimum Gasteiger partial charge on any atom is -0.332 e. The van der Waals surface area contributed by atoms with Crippen molar-refractivity contribution in [3.05, 3.63) is 115 Å². The van der Waals surface area contributed by atoms with Gasteiger partial charge in [0, 0.05) is 53.4 Å².